The largest absolute Gasteiger partial charge is 0.472 e. The molecule has 3 saturated heterocycles. The Kier molecular flexibility index (Phi) is 5.08. The Morgan fingerprint density at radius 3 is 2.84 bits per heavy atom. The third kappa shape index (κ3) is 3.89. The Hall–Kier alpha value is -1.41. The maximum absolute atomic E-state index is 12.7. The van der Waals surface area contributed by atoms with Crippen LogP contribution >= 0.6 is 0 Å². The second-order valence-corrected chi connectivity index (χ2v) is 7.17. The van der Waals surface area contributed by atoms with Gasteiger partial charge < -0.3 is 23.5 Å². The van der Waals surface area contributed by atoms with Crippen molar-refractivity contribution in [1.29, 1.82) is 0 Å². The Bertz CT molecular complexity index is 572. The van der Waals surface area contributed by atoms with E-state index >= 15 is 0 Å². The predicted octanol–water partition coefficient (Wildman–Crippen LogP) is 1.00. The molecule has 1 spiro atoms. The van der Waals surface area contributed by atoms with Gasteiger partial charge in [-0.05, 0) is 18.9 Å². The molecule has 1 aromatic heterocycles. The summed E-state index contributed by atoms with van der Waals surface area (Å²) in [6.45, 7) is 6.73. The molecule has 0 N–H and O–H groups in total. The minimum absolute atomic E-state index is 0.0149. The summed E-state index contributed by atoms with van der Waals surface area (Å²) in [7, 11) is 0. The summed E-state index contributed by atoms with van der Waals surface area (Å²) >= 11 is 0. The van der Waals surface area contributed by atoms with Crippen LogP contribution in [0.3, 0.4) is 0 Å². The first-order chi connectivity index (χ1) is 12.2. The van der Waals surface area contributed by atoms with Gasteiger partial charge in [0.05, 0.1) is 50.9 Å². The van der Waals surface area contributed by atoms with E-state index in [1.54, 1.807) is 6.07 Å². The van der Waals surface area contributed by atoms with Crippen molar-refractivity contribution >= 4 is 5.91 Å². The summed E-state index contributed by atoms with van der Waals surface area (Å²) in [5.41, 5.74) is 0.201. The number of nitrogens with zero attached hydrogens (tertiary/aromatic N) is 2. The molecular weight excluding hydrogens is 324 g/mol. The van der Waals surface area contributed by atoms with Gasteiger partial charge in [-0.25, -0.2) is 0 Å². The number of ether oxygens (including phenoxy) is 3. The van der Waals surface area contributed by atoms with E-state index in [0.717, 1.165) is 45.7 Å². The van der Waals surface area contributed by atoms with Crippen LogP contribution in [0, 0.1) is 0 Å². The lowest BCUT2D eigenvalue weighted by molar-refractivity contribution is -0.0945. The van der Waals surface area contributed by atoms with Crippen LogP contribution in [0.1, 0.15) is 23.2 Å². The van der Waals surface area contributed by atoms with Gasteiger partial charge in [0.1, 0.15) is 11.9 Å². The molecule has 138 valence electrons. The van der Waals surface area contributed by atoms with E-state index in [0.29, 0.717) is 31.9 Å². The van der Waals surface area contributed by atoms with Gasteiger partial charge >= 0.3 is 0 Å². The molecule has 4 rings (SSSR count). The number of carbonyl (C=O) groups excluding carboxylic acids is 1. The molecule has 0 radical (unpaired) electrons. The Balaban J connectivity index is 1.39. The molecule has 3 fully saturated rings. The summed E-state index contributed by atoms with van der Waals surface area (Å²) in [6, 6.07) is 1.71. The molecule has 1 aromatic rings. The van der Waals surface area contributed by atoms with Crippen LogP contribution in [0.25, 0.3) is 0 Å². The van der Waals surface area contributed by atoms with Crippen molar-refractivity contribution in [2.45, 2.75) is 24.5 Å². The van der Waals surface area contributed by atoms with Crippen LogP contribution in [0.15, 0.2) is 23.0 Å². The van der Waals surface area contributed by atoms with E-state index in [4.69, 9.17) is 18.6 Å². The normalized spacial score (nSPS) is 31.4. The Morgan fingerprint density at radius 1 is 1.20 bits per heavy atom. The predicted molar refractivity (Wildman–Crippen MR) is 89.5 cm³/mol. The quantitative estimate of drug-likeness (QED) is 0.810. The Labute approximate surface area is 147 Å². The number of carbonyl (C=O) groups is 1. The van der Waals surface area contributed by atoms with Crippen molar-refractivity contribution in [2.75, 3.05) is 59.2 Å². The molecule has 0 aliphatic carbocycles. The molecule has 4 heterocycles. The average molecular weight is 350 g/mol. The third-order valence-corrected chi connectivity index (χ3v) is 5.31. The van der Waals surface area contributed by atoms with Crippen molar-refractivity contribution < 1.29 is 23.4 Å². The number of rotatable bonds is 3. The first kappa shape index (κ1) is 17.0. The molecule has 7 heteroatoms. The van der Waals surface area contributed by atoms with Gasteiger partial charge in [0, 0.05) is 26.2 Å². The number of hydrogen-bond acceptors (Lipinski definition) is 6. The van der Waals surface area contributed by atoms with Crippen LogP contribution in [0.4, 0.5) is 0 Å². The van der Waals surface area contributed by atoms with Crippen molar-refractivity contribution in [3.05, 3.63) is 24.2 Å². The highest BCUT2D eigenvalue weighted by Gasteiger charge is 2.44. The minimum Gasteiger partial charge on any atom is -0.472 e. The van der Waals surface area contributed by atoms with Gasteiger partial charge in [-0.3, -0.25) is 9.69 Å². The molecule has 3 aliphatic rings. The van der Waals surface area contributed by atoms with Gasteiger partial charge in [-0.2, -0.15) is 0 Å². The van der Waals surface area contributed by atoms with Gasteiger partial charge in [-0.15, -0.1) is 0 Å². The summed E-state index contributed by atoms with van der Waals surface area (Å²) in [4.78, 5) is 16.9. The van der Waals surface area contributed by atoms with E-state index in [9.17, 15) is 4.79 Å². The van der Waals surface area contributed by atoms with Crippen molar-refractivity contribution in [2.24, 2.45) is 0 Å². The van der Waals surface area contributed by atoms with E-state index in [1.165, 1.54) is 12.5 Å². The molecular formula is C18H26N2O5. The minimum atomic E-state index is -0.382. The molecule has 7 nitrogen and oxygen atoms in total. The molecule has 1 amide bonds. The summed E-state index contributed by atoms with van der Waals surface area (Å²) in [5, 5.41) is 0. The van der Waals surface area contributed by atoms with Crippen molar-refractivity contribution in [1.82, 2.24) is 9.80 Å². The lowest BCUT2D eigenvalue weighted by Gasteiger charge is -2.33. The van der Waals surface area contributed by atoms with E-state index in [1.807, 2.05) is 4.90 Å². The first-order valence-electron chi connectivity index (χ1n) is 9.11. The smallest absolute Gasteiger partial charge is 0.257 e. The van der Waals surface area contributed by atoms with E-state index in [-0.39, 0.29) is 17.6 Å². The van der Waals surface area contributed by atoms with Gasteiger partial charge in [0.15, 0.2) is 0 Å². The lowest BCUT2D eigenvalue weighted by Crippen LogP contribution is -2.47. The third-order valence-electron chi connectivity index (χ3n) is 5.31. The highest BCUT2D eigenvalue weighted by molar-refractivity contribution is 5.93. The van der Waals surface area contributed by atoms with Crippen LogP contribution in [0.5, 0.6) is 0 Å². The first-order valence-corrected chi connectivity index (χ1v) is 9.11. The van der Waals surface area contributed by atoms with E-state index < -0.39 is 0 Å². The second kappa shape index (κ2) is 7.45. The number of amides is 1. The Morgan fingerprint density at radius 2 is 2.04 bits per heavy atom. The molecule has 0 saturated carbocycles. The highest BCUT2D eigenvalue weighted by Crippen LogP contribution is 2.34. The topological polar surface area (TPSA) is 64.4 Å². The number of furan rings is 1. The van der Waals surface area contributed by atoms with Gasteiger partial charge in [0.2, 0.25) is 0 Å². The maximum Gasteiger partial charge on any atom is 0.257 e. The SMILES string of the molecule is O=C(c1ccoc1)N1CCOC[C@@]2(CC[C@H](CN3CCOCC3)O2)C1. The fourth-order valence-corrected chi connectivity index (χ4v) is 3.97. The summed E-state index contributed by atoms with van der Waals surface area (Å²) in [5.74, 6) is -0.0149. The maximum atomic E-state index is 12.7. The fourth-order valence-electron chi connectivity index (χ4n) is 3.97. The monoisotopic (exact) mass is 350 g/mol. The summed E-state index contributed by atoms with van der Waals surface area (Å²) < 4.78 is 22.7. The molecule has 3 aliphatic heterocycles. The fraction of sp³-hybridized carbons (Fsp3) is 0.722. The zero-order chi connectivity index (χ0) is 17.1. The summed E-state index contributed by atoms with van der Waals surface area (Å²) in [6.07, 6.45) is 5.16. The zero-order valence-electron chi connectivity index (χ0n) is 14.5. The molecule has 0 bridgehead atoms. The molecule has 2 atom stereocenters. The second-order valence-electron chi connectivity index (χ2n) is 7.17. The lowest BCUT2D eigenvalue weighted by atomic mass is 9.99. The van der Waals surface area contributed by atoms with Crippen molar-refractivity contribution in [3.63, 3.8) is 0 Å². The standard InChI is InChI=1S/C18H26N2O5/c21-17(15-2-7-23-12-15)20-6-10-24-14-18(13-20)3-1-16(25-18)11-19-4-8-22-9-5-19/h2,7,12,16H,1,3-6,8-11,13-14H2/t16-,18-/m1/s1. The highest BCUT2D eigenvalue weighted by atomic mass is 16.6. The van der Waals surface area contributed by atoms with Gasteiger partial charge in [0.25, 0.3) is 5.91 Å². The molecule has 25 heavy (non-hydrogen) atoms. The zero-order valence-corrected chi connectivity index (χ0v) is 14.5. The number of morpholine rings is 1. The van der Waals surface area contributed by atoms with Crippen LogP contribution in [0.2, 0.25) is 0 Å². The van der Waals surface area contributed by atoms with Crippen LogP contribution in [-0.2, 0) is 14.2 Å². The van der Waals surface area contributed by atoms with Crippen LogP contribution in [-0.4, -0.2) is 86.6 Å². The van der Waals surface area contributed by atoms with E-state index in [2.05, 4.69) is 4.90 Å². The number of hydrogen-bond donors (Lipinski definition) is 0. The average Bonchev–Trinajstić information content (AvgIpc) is 3.24. The van der Waals surface area contributed by atoms with Gasteiger partial charge in [-0.1, -0.05) is 0 Å². The molecule has 0 unspecified atom stereocenters. The van der Waals surface area contributed by atoms with Crippen molar-refractivity contribution in [3.8, 4) is 0 Å². The molecule has 0 aromatic carbocycles. The van der Waals surface area contributed by atoms with Crippen LogP contribution < -0.4 is 0 Å².